The summed E-state index contributed by atoms with van der Waals surface area (Å²) in [5.74, 6) is -0.394. The van der Waals surface area contributed by atoms with Gasteiger partial charge in [0.05, 0.1) is 26.8 Å². The summed E-state index contributed by atoms with van der Waals surface area (Å²) in [6.07, 6.45) is 0. The lowest BCUT2D eigenvalue weighted by Gasteiger charge is -2.22. The van der Waals surface area contributed by atoms with Gasteiger partial charge in [0.2, 0.25) is 10.0 Å². The third-order valence-electron chi connectivity index (χ3n) is 5.76. The zero-order chi connectivity index (χ0) is 25.9. The highest BCUT2D eigenvalue weighted by Crippen LogP contribution is 2.31. The maximum absolute atomic E-state index is 13.6. The van der Waals surface area contributed by atoms with Gasteiger partial charge in [-0.3, -0.25) is 4.79 Å². The number of hydrogen-bond acceptors (Lipinski definition) is 6. The zero-order valence-corrected chi connectivity index (χ0v) is 22.3. The summed E-state index contributed by atoms with van der Waals surface area (Å²) < 4.78 is 29.3. The van der Waals surface area contributed by atoms with E-state index in [1.54, 1.807) is 48.1 Å². The van der Waals surface area contributed by atoms with Gasteiger partial charge in [-0.2, -0.15) is 9.40 Å². The van der Waals surface area contributed by atoms with E-state index < -0.39 is 15.9 Å². The lowest BCUT2D eigenvalue weighted by atomic mass is 10.2. The molecule has 1 amide bonds. The van der Waals surface area contributed by atoms with Crippen molar-refractivity contribution in [3.8, 4) is 16.3 Å². The summed E-state index contributed by atoms with van der Waals surface area (Å²) in [5.41, 5.74) is 2.86. The lowest BCUT2D eigenvalue weighted by molar-refractivity contribution is 0.101. The van der Waals surface area contributed by atoms with Gasteiger partial charge in [-0.05, 0) is 47.8 Å². The third kappa shape index (κ3) is 5.06. The maximum atomic E-state index is 13.6. The molecule has 0 aliphatic rings. The van der Waals surface area contributed by atoms with Crippen molar-refractivity contribution in [3.63, 3.8) is 0 Å². The summed E-state index contributed by atoms with van der Waals surface area (Å²) in [7, 11) is -0.0160. The first kappa shape index (κ1) is 25.6. The molecule has 0 radical (unpaired) electrons. The molecule has 0 saturated carbocycles. The molecule has 4 aromatic rings. The van der Waals surface area contributed by atoms with E-state index in [2.05, 4.69) is 5.32 Å². The largest absolute Gasteiger partial charge is 0.376 e. The second-order valence-corrected chi connectivity index (χ2v) is 11.1. The number of aromatic nitrogens is 2. The van der Waals surface area contributed by atoms with Crippen LogP contribution in [0.1, 0.15) is 24.3 Å². The Kier molecular flexibility index (Phi) is 7.58. The average molecular weight is 524 g/mol. The third-order valence-corrected chi connectivity index (χ3v) is 8.70. The van der Waals surface area contributed by atoms with Crippen molar-refractivity contribution in [3.05, 3.63) is 77.8 Å². The van der Waals surface area contributed by atoms with Gasteiger partial charge in [0, 0.05) is 27.2 Å². The second-order valence-electron chi connectivity index (χ2n) is 8.26. The van der Waals surface area contributed by atoms with Crippen molar-refractivity contribution < 1.29 is 13.2 Å². The van der Waals surface area contributed by atoms with Crippen molar-refractivity contribution in [1.82, 2.24) is 14.1 Å². The highest BCUT2D eigenvalue weighted by Gasteiger charge is 2.25. The topological polar surface area (TPSA) is 87.5 Å². The van der Waals surface area contributed by atoms with Crippen molar-refractivity contribution in [2.45, 2.75) is 18.7 Å². The molecule has 0 spiro atoms. The van der Waals surface area contributed by atoms with Crippen LogP contribution < -0.4 is 10.2 Å². The summed E-state index contributed by atoms with van der Waals surface area (Å²) in [6.45, 7) is 4.32. The standard InChI is InChI=1S/C26H29N5O3S2/c1-5-30(6-2)36(33,34)20-14-15-23(29(3)4)21(17-20)27-26(32)24-18-22(25-13-10-16-35-25)28-31(24)19-11-8-7-9-12-19/h7-18H,5-6H2,1-4H3,(H,27,32). The smallest absolute Gasteiger partial charge is 0.274 e. The van der Waals surface area contributed by atoms with Crippen molar-refractivity contribution in [1.29, 1.82) is 0 Å². The SMILES string of the molecule is CCN(CC)S(=O)(=O)c1ccc(N(C)C)c(NC(=O)c2cc(-c3cccs3)nn2-c2ccccc2)c1. The van der Waals surface area contributed by atoms with Gasteiger partial charge in [-0.15, -0.1) is 11.3 Å². The molecular formula is C26H29N5O3S2. The Hall–Kier alpha value is -3.47. The van der Waals surface area contributed by atoms with Crippen LogP contribution in [0.4, 0.5) is 11.4 Å². The molecule has 0 atom stereocenters. The molecule has 2 aromatic heterocycles. The average Bonchev–Trinajstić information content (AvgIpc) is 3.55. The van der Waals surface area contributed by atoms with Crippen molar-refractivity contribution >= 4 is 38.6 Å². The normalized spacial score (nSPS) is 11.6. The van der Waals surface area contributed by atoms with Gasteiger partial charge in [0.1, 0.15) is 11.4 Å². The number of para-hydroxylation sites is 1. The van der Waals surface area contributed by atoms with Gasteiger partial charge in [-0.1, -0.05) is 38.1 Å². The quantitative estimate of drug-likeness (QED) is 0.335. The predicted molar refractivity (Wildman–Crippen MR) is 146 cm³/mol. The predicted octanol–water partition coefficient (Wildman–Crippen LogP) is 4.95. The molecule has 2 aromatic carbocycles. The number of hydrogen-bond donors (Lipinski definition) is 1. The Labute approximate surface area is 215 Å². The number of anilines is 2. The van der Waals surface area contributed by atoms with Gasteiger partial charge in [0.25, 0.3) is 5.91 Å². The van der Waals surface area contributed by atoms with E-state index in [0.29, 0.717) is 35.9 Å². The number of nitrogens with zero attached hydrogens (tertiary/aromatic N) is 4. The van der Waals surface area contributed by atoms with Gasteiger partial charge in [0.15, 0.2) is 0 Å². The van der Waals surface area contributed by atoms with Crippen molar-refractivity contribution in [2.24, 2.45) is 0 Å². The number of amides is 1. The zero-order valence-electron chi connectivity index (χ0n) is 20.7. The van der Waals surface area contributed by atoms with E-state index in [1.165, 1.54) is 10.4 Å². The molecule has 0 fully saturated rings. The number of nitrogens with one attached hydrogen (secondary N) is 1. The maximum Gasteiger partial charge on any atom is 0.274 e. The molecule has 0 aliphatic heterocycles. The summed E-state index contributed by atoms with van der Waals surface area (Å²) in [4.78, 5) is 16.5. The fourth-order valence-corrected chi connectivity index (χ4v) is 6.08. The Morgan fingerprint density at radius 1 is 1.00 bits per heavy atom. The number of thiophene rings is 1. The first-order valence-corrected chi connectivity index (χ1v) is 13.9. The number of benzene rings is 2. The Balaban J connectivity index is 1.77. The van der Waals surface area contributed by atoms with E-state index in [0.717, 1.165) is 10.6 Å². The minimum atomic E-state index is -3.70. The first-order chi connectivity index (χ1) is 17.3. The van der Waals surface area contributed by atoms with E-state index in [1.807, 2.05) is 66.8 Å². The van der Waals surface area contributed by atoms with Gasteiger partial charge < -0.3 is 10.2 Å². The molecule has 1 N–H and O–H groups in total. The number of rotatable bonds is 9. The Bertz CT molecular complexity index is 1440. The van der Waals surface area contributed by atoms with E-state index >= 15 is 0 Å². The minimum absolute atomic E-state index is 0.128. The second kappa shape index (κ2) is 10.7. The molecule has 0 aliphatic carbocycles. The highest BCUT2D eigenvalue weighted by molar-refractivity contribution is 7.89. The minimum Gasteiger partial charge on any atom is -0.376 e. The van der Waals surface area contributed by atoms with Crippen molar-refractivity contribution in [2.75, 3.05) is 37.4 Å². The van der Waals surface area contributed by atoms with Gasteiger partial charge >= 0.3 is 0 Å². The molecule has 0 saturated heterocycles. The number of sulfonamides is 1. The number of carbonyl (C=O) groups is 1. The molecule has 0 bridgehead atoms. The summed E-state index contributed by atoms with van der Waals surface area (Å²) in [6, 6.07) is 19.9. The first-order valence-electron chi connectivity index (χ1n) is 11.6. The fourth-order valence-electron chi connectivity index (χ4n) is 3.92. The monoisotopic (exact) mass is 523 g/mol. The molecule has 188 valence electrons. The van der Waals surface area contributed by atoms with Crippen LogP contribution in [0.25, 0.3) is 16.3 Å². The molecule has 36 heavy (non-hydrogen) atoms. The molecular weight excluding hydrogens is 494 g/mol. The molecule has 10 heteroatoms. The van der Waals surface area contributed by atoms with E-state index in [-0.39, 0.29) is 4.90 Å². The summed E-state index contributed by atoms with van der Waals surface area (Å²) in [5, 5.41) is 9.60. The van der Waals surface area contributed by atoms with Crippen LogP contribution in [0, 0.1) is 0 Å². The van der Waals surface area contributed by atoms with Crippen LogP contribution in [0.3, 0.4) is 0 Å². The Morgan fingerprint density at radius 2 is 1.72 bits per heavy atom. The highest BCUT2D eigenvalue weighted by atomic mass is 32.2. The van der Waals surface area contributed by atoms with Crippen LogP contribution in [0.2, 0.25) is 0 Å². The van der Waals surface area contributed by atoms with Crippen LogP contribution in [-0.4, -0.2) is 55.6 Å². The molecule has 8 nitrogen and oxygen atoms in total. The molecule has 4 rings (SSSR count). The molecule has 0 unspecified atom stereocenters. The van der Waals surface area contributed by atoms with E-state index in [9.17, 15) is 13.2 Å². The van der Waals surface area contributed by atoms with Crippen LogP contribution >= 0.6 is 11.3 Å². The van der Waals surface area contributed by atoms with Crippen LogP contribution in [-0.2, 0) is 10.0 Å². The van der Waals surface area contributed by atoms with E-state index in [4.69, 9.17) is 5.10 Å². The molecule has 2 heterocycles. The fraction of sp³-hybridized carbons (Fsp3) is 0.231. The summed E-state index contributed by atoms with van der Waals surface area (Å²) >= 11 is 1.54. The van der Waals surface area contributed by atoms with Crippen LogP contribution in [0.15, 0.2) is 77.0 Å². The Morgan fingerprint density at radius 3 is 2.33 bits per heavy atom. The van der Waals surface area contributed by atoms with Gasteiger partial charge in [-0.25, -0.2) is 13.1 Å². The lowest BCUT2D eigenvalue weighted by Crippen LogP contribution is -2.30. The number of carbonyl (C=O) groups excluding carboxylic acids is 1. The van der Waals surface area contributed by atoms with Crippen LogP contribution in [0.5, 0.6) is 0 Å².